The smallest absolute Gasteiger partial charge is 0.251 e. The highest BCUT2D eigenvalue weighted by molar-refractivity contribution is 6.35. The predicted molar refractivity (Wildman–Crippen MR) is 97.4 cm³/mol. The maximum Gasteiger partial charge on any atom is 0.251 e. The lowest BCUT2D eigenvalue weighted by atomic mass is 10.1. The monoisotopic (exact) mass is 350 g/mol. The summed E-state index contributed by atoms with van der Waals surface area (Å²) in [6.45, 7) is 6.62. The molecule has 3 nitrogen and oxygen atoms in total. The number of benzene rings is 2. The largest absolute Gasteiger partial charge is 0.380 e. The van der Waals surface area contributed by atoms with Gasteiger partial charge in [0.15, 0.2) is 0 Å². The Balaban J connectivity index is 1.98. The molecule has 0 bridgehead atoms. The van der Waals surface area contributed by atoms with Crippen LogP contribution in [0.5, 0.6) is 0 Å². The number of nitrogens with one attached hydrogen (secondary N) is 2. The van der Waals surface area contributed by atoms with E-state index in [1.807, 2.05) is 12.1 Å². The SMILES string of the molecule is CC(C)(C)Nc1ccc(C(=O)NCc2ccc(Cl)cc2Cl)cc1. The molecule has 0 aliphatic carbocycles. The van der Waals surface area contributed by atoms with E-state index < -0.39 is 0 Å². The summed E-state index contributed by atoms with van der Waals surface area (Å²) in [4.78, 5) is 12.2. The van der Waals surface area contributed by atoms with Crippen LogP contribution in [-0.2, 0) is 6.54 Å². The number of halogens is 2. The molecular formula is C18H20Cl2N2O. The van der Waals surface area contributed by atoms with E-state index in [0.717, 1.165) is 11.3 Å². The van der Waals surface area contributed by atoms with E-state index in [-0.39, 0.29) is 11.4 Å². The molecule has 2 aromatic carbocycles. The highest BCUT2D eigenvalue weighted by Gasteiger charge is 2.11. The minimum atomic E-state index is -0.140. The number of anilines is 1. The molecule has 5 heteroatoms. The van der Waals surface area contributed by atoms with Crippen molar-refractivity contribution in [3.63, 3.8) is 0 Å². The number of hydrogen-bond donors (Lipinski definition) is 2. The summed E-state index contributed by atoms with van der Waals surface area (Å²) in [7, 11) is 0. The summed E-state index contributed by atoms with van der Waals surface area (Å²) in [6.07, 6.45) is 0. The maximum absolute atomic E-state index is 12.2. The second-order valence-electron chi connectivity index (χ2n) is 6.37. The third-order valence-corrected chi connectivity index (χ3v) is 3.71. The topological polar surface area (TPSA) is 41.1 Å². The van der Waals surface area contributed by atoms with Crippen LogP contribution >= 0.6 is 23.2 Å². The van der Waals surface area contributed by atoms with Crippen molar-refractivity contribution in [1.82, 2.24) is 5.32 Å². The Morgan fingerprint density at radius 3 is 2.26 bits per heavy atom. The molecule has 0 atom stereocenters. The summed E-state index contributed by atoms with van der Waals surface area (Å²) < 4.78 is 0. The number of hydrogen-bond acceptors (Lipinski definition) is 2. The molecule has 0 saturated heterocycles. The van der Waals surface area contributed by atoms with Gasteiger partial charge >= 0.3 is 0 Å². The average Bonchev–Trinajstić information content (AvgIpc) is 2.45. The van der Waals surface area contributed by atoms with Gasteiger partial charge in [0.2, 0.25) is 0 Å². The standard InChI is InChI=1S/C18H20Cl2N2O/c1-18(2,3)22-15-8-5-12(6-9-15)17(23)21-11-13-4-7-14(19)10-16(13)20/h4-10,22H,11H2,1-3H3,(H,21,23). The van der Waals surface area contributed by atoms with Crippen LogP contribution in [0.4, 0.5) is 5.69 Å². The summed E-state index contributed by atoms with van der Waals surface area (Å²) >= 11 is 12.0. The van der Waals surface area contributed by atoms with Gasteiger partial charge in [-0.2, -0.15) is 0 Å². The van der Waals surface area contributed by atoms with Gasteiger partial charge in [0.1, 0.15) is 0 Å². The first-order chi connectivity index (χ1) is 10.7. The van der Waals surface area contributed by atoms with Gasteiger partial charge in [-0.25, -0.2) is 0 Å². The molecule has 0 aromatic heterocycles. The van der Waals surface area contributed by atoms with Crippen molar-refractivity contribution in [2.75, 3.05) is 5.32 Å². The normalized spacial score (nSPS) is 11.2. The quantitative estimate of drug-likeness (QED) is 0.801. The van der Waals surface area contributed by atoms with E-state index in [1.54, 1.807) is 30.3 Å². The first kappa shape index (κ1) is 17.6. The van der Waals surface area contributed by atoms with E-state index in [1.165, 1.54) is 0 Å². The lowest BCUT2D eigenvalue weighted by molar-refractivity contribution is 0.0951. The van der Waals surface area contributed by atoms with Crippen molar-refractivity contribution >= 4 is 34.8 Å². The molecule has 1 amide bonds. The van der Waals surface area contributed by atoms with Crippen molar-refractivity contribution in [3.05, 3.63) is 63.6 Å². The Bertz CT molecular complexity index is 691. The van der Waals surface area contributed by atoms with Crippen LogP contribution in [0.3, 0.4) is 0 Å². The van der Waals surface area contributed by atoms with Crippen molar-refractivity contribution in [2.24, 2.45) is 0 Å². The lowest BCUT2D eigenvalue weighted by Gasteiger charge is -2.22. The van der Waals surface area contributed by atoms with Gasteiger partial charge in [0.25, 0.3) is 5.91 Å². The predicted octanol–water partition coefficient (Wildman–Crippen LogP) is 5.13. The summed E-state index contributed by atoms with van der Waals surface area (Å²) in [5, 5.41) is 7.33. The third-order valence-electron chi connectivity index (χ3n) is 3.12. The zero-order chi connectivity index (χ0) is 17.0. The Hall–Kier alpha value is -1.71. The molecule has 0 saturated carbocycles. The Kier molecular flexibility index (Phi) is 5.55. The second kappa shape index (κ2) is 7.24. The molecule has 0 radical (unpaired) electrons. The molecule has 23 heavy (non-hydrogen) atoms. The van der Waals surface area contributed by atoms with E-state index in [4.69, 9.17) is 23.2 Å². The zero-order valence-corrected chi connectivity index (χ0v) is 14.9. The van der Waals surface area contributed by atoms with E-state index >= 15 is 0 Å². The number of carbonyl (C=O) groups is 1. The maximum atomic E-state index is 12.2. The Labute approximate surface area is 147 Å². The van der Waals surface area contributed by atoms with Gasteiger partial charge in [-0.05, 0) is 62.7 Å². The van der Waals surface area contributed by atoms with E-state index in [2.05, 4.69) is 31.4 Å². The summed E-state index contributed by atoms with van der Waals surface area (Å²) in [5.41, 5.74) is 2.40. The van der Waals surface area contributed by atoms with E-state index in [9.17, 15) is 4.79 Å². The van der Waals surface area contributed by atoms with Gasteiger partial charge in [-0.3, -0.25) is 4.79 Å². The van der Waals surface area contributed by atoms with Crippen molar-refractivity contribution in [3.8, 4) is 0 Å². The Morgan fingerprint density at radius 2 is 1.70 bits per heavy atom. The van der Waals surface area contributed by atoms with Gasteiger partial charge in [-0.1, -0.05) is 29.3 Å². The number of amides is 1. The third kappa shape index (κ3) is 5.45. The van der Waals surface area contributed by atoms with Crippen LogP contribution < -0.4 is 10.6 Å². The fourth-order valence-electron chi connectivity index (χ4n) is 2.08. The molecule has 0 heterocycles. The van der Waals surface area contributed by atoms with E-state index in [0.29, 0.717) is 22.2 Å². The van der Waals surface area contributed by atoms with Crippen LogP contribution in [-0.4, -0.2) is 11.4 Å². The molecule has 122 valence electrons. The van der Waals surface area contributed by atoms with Gasteiger partial charge in [0, 0.05) is 33.4 Å². The van der Waals surface area contributed by atoms with Gasteiger partial charge < -0.3 is 10.6 Å². The Morgan fingerprint density at radius 1 is 1.04 bits per heavy atom. The first-order valence-corrected chi connectivity index (χ1v) is 8.10. The van der Waals surface area contributed by atoms with Crippen molar-refractivity contribution in [2.45, 2.75) is 32.9 Å². The summed E-state index contributed by atoms with van der Waals surface area (Å²) in [6, 6.07) is 12.6. The lowest BCUT2D eigenvalue weighted by Crippen LogP contribution is -2.26. The zero-order valence-electron chi connectivity index (χ0n) is 13.4. The second-order valence-corrected chi connectivity index (χ2v) is 7.21. The highest BCUT2D eigenvalue weighted by Crippen LogP contribution is 2.21. The first-order valence-electron chi connectivity index (χ1n) is 7.35. The number of carbonyl (C=O) groups excluding carboxylic acids is 1. The van der Waals surface area contributed by atoms with Crippen LogP contribution in [0.1, 0.15) is 36.7 Å². The summed E-state index contributed by atoms with van der Waals surface area (Å²) in [5.74, 6) is -0.140. The molecule has 2 N–H and O–H groups in total. The fourth-order valence-corrected chi connectivity index (χ4v) is 2.56. The van der Waals surface area contributed by atoms with Crippen molar-refractivity contribution < 1.29 is 4.79 Å². The molecular weight excluding hydrogens is 331 g/mol. The number of rotatable bonds is 4. The highest BCUT2D eigenvalue weighted by atomic mass is 35.5. The van der Waals surface area contributed by atoms with Crippen molar-refractivity contribution in [1.29, 1.82) is 0 Å². The minimum absolute atomic E-state index is 0.0187. The molecule has 2 aromatic rings. The van der Waals surface area contributed by atoms with Gasteiger partial charge in [0.05, 0.1) is 0 Å². The minimum Gasteiger partial charge on any atom is -0.380 e. The fraction of sp³-hybridized carbons (Fsp3) is 0.278. The molecule has 0 unspecified atom stereocenters. The van der Waals surface area contributed by atoms with Crippen LogP contribution in [0.2, 0.25) is 10.0 Å². The van der Waals surface area contributed by atoms with Crippen LogP contribution in [0.15, 0.2) is 42.5 Å². The van der Waals surface area contributed by atoms with Crippen LogP contribution in [0, 0.1) is 0 Å². The van der Waals surface area contributed by atoms with Crippen LogP contribution in [0.25, 0.3) is 0 Å². The molecule has 0 aliphatic heterocycles. The average molecular weight is 351 g/mol. The molecule has 2 rings (SSSR count). The molecule has 0 spiro atoms. The molecule has 0 aliphatic rings. The molecule has 0 fully saturated rings. The van der Waals surface area contributed by atoms with Gasteiger partial charge in [-0.15, -0.1) is 0 Å².